The van der Waals surface area contributed by atoms with Crippen LogP contribution in [-0.2, 0) is 9.53 Å². The number of rotatable bonds is 6. The number of esters is 1. The number of para-hydroxylation sites is 1. The molecule has 6 nitrogen and oxygen atoms in total. The first-order valence-corrected chi connectivity index (χ1v) is 9.05. The molecule has 0 saturated heterocycles. The molecule has 0 bridgehead atoms. The van der Waals surface area contributed by atoms with E-state index < -0.39 is 18.1 Å². The van der Waals surface area contributed by atoms with Gasteiger partial charge in [-0.25, -0.2) is 4.79 Å². The molecule has 2 N–H and O–H groups in total. The highest BCUT2D eigenvalue weighted by atomic mass is 16.5. The minimum atomic E-state index is -0.968. The Labute approximate surface area is 162 Å². The summed E-state index contributed by atoms with van der Waals surface area (Å²) in [6.45, 7) is 4.93. The summed E-state index contributed by atoms with van der Waals surface area (Å²) in [6, 6.07) is 13.6. The van der Waals surface area contributed by atoms with E-state index in [2.05, 4.69) is 10.3 Å². The molecule has 0 aliphatic carbocycles. The molecule has 3 aromatic rings. The molecule has 0 aliphatic rings. The van der Waals surface area contributed by atoms with Crippen molar-refractivity contribution in [1.29, 1.82) is 0 Å². The Hall–Kier alpha value is -3.41. The number of hydrogen-bond acceptors (Lipinski definition) is 4. The van der Waals surface area contributed by atoms with Crippen molar-refractivity contribution < 1.29 is 19.1 Å². The number of H-pyrrole nitrogens is 1. The summed E-state index contributed by atoms with van der Waals surface area (Å²) in [4.78, 5) is 40.3. The van der Waals surface area contributed by atoms with Gasteiger partial charge in [0.15, 0.2) is 6.10 Å². The Morgan fingerprint density at radius 2 is 1.79 bits per heavy atom. The largest absolute Gasteiger partial charge is 0.453 e. The normalized spacial score (nSPS) is 13.0. The van der Waals surface area contributed by atoms with E-state index in [1.54, 1.807) is 24.4 Å². The summed E-state index contributed by atoms with van der Waals surface area (Å²) in [5.41, 5.74) is 2.71. The smallest absolute Gasteiger partial charge is 0.329 e. The lowest BCUT2D eigenvalue weighted by atomic mass is 10.1. The predicted molar refractivity (Wildman–Crippen MR) is 106 cm³/mol. The van der Waals surface area contributed by atoms with Gasteiger partial charge in [-0.05, 0) is 39.0 Å². The lowest BCUT2D eigenvalue weighted by Crippen LogP contribution is -2.41. The maximum atomic E-state index is 12.7. The molecular formula is C22H22N2O4. The Morgan fingerprint density at radius 3 is 2.54 bits per heavy atom. The van der Waals surface area contributed by atoms with Gasteiger partial charge in [-0.15, -0.1) is 0 Å². The Balaban J connectivity index is 1.63. The van der Waals surface area contributed by atoms with Gasteiger partial charge in [-0.2, -0.15) is 0 Å². The minimum Gasteiger partial charge on any atom is -0.453 e. The first-order valence-electron chi connectivity index (χ1n) is 9.05. The molecule has 2 aromatic carbocycles. The standard InChI is InChI=1S/C22H22N2O4/c1-13-7-6-8-16(11-13)21(26)24-14(2)22(27)28-15(3)20(25)18-12-23-19-10-5-4-9-17(18)19/h4-12,14-15,23H,1-3H3,(H,24,26)/t14-,15+/m0/s1. The number of benzene rings is 2. The molecule has 0 saturated carbocycles. The Morgan fingerprint density at radius 1 is 1.04 bits per heavy atom. The van der Waals surface area contributed by atoms with E-state index in [4.69, 9.17) is 4.74 Å². The number of fused-ring (bicyclic) bond motifs is 1. The maximum Gasteiger partial charge on any atom is 0.329 e. The van der Waals surface area contributed by atoms with Gasteiger partial charge in [0.05, 0.1) is 0 Å². The van der Waals surface area contributed by atoms with Crippen LogP contribution in [0.2, 0.25) is 0 Å². The van der Waals surface area contributed by atoms with Crippen molar-refractivity contribution in [3.63, 3.8) is 0 Å². The molecule has 6 heteroatoms. The Kier molecular flexibility index (Phi) is 5.59. The SMILES string of the molecule is Cc1cccc(C(=O)N[C@@H](C)C(=O)O[C@H](C)C(=O)c2c[nH]c3ccccc23)c1. The zero-order chi connectivity index (χ0) is 20.3. The monoisotopic (exact) mass is 378 g/mol. The number of aromatic nitrogens is 1. The van der Waals surface area contributed by atoms with Gasteiger partial charge in [0, 0.05) is 28.2 Å². The van der Waals surface area contributed by atoms with Crippen molar-refractivity contribution in [2.75, 3.05) is 0 Å². The Bertz CT molecular complexity index is 1040. The number of nitrogens with one attached hydrogen (secondary N) is 2. The molecule has 1 heterocycles. The van der Waals surface area contributed by atoms with E-state index in [0.717, 1.165) is 16.5 Å². The van der Waals surface area contributed by atoms with Crippen molar-refractivity contribution in [1.82, 2.24) is 10.3 Å². The number of hydrogen-bond donors (Lipinski definition) is 2. The lowest BCUT2D eigenvalue weighted by Gasteiger charge is -2.17. The fourth-order valence-electron chi connectivity index (χ4n) is 2.95. The van der Waals surface area contributed by atoms with E-state index in [9.17, 15) is 14.4 Å². The highest BCUT2D eigenvalue weighted by Gasteiger charge is 2.25. The van der Waals surface area contributed by atoms with E-state index in [0.29, 0.717) is 11.1 Å². The zero-order valence-electron chi connectivity index (χ0n) is 16.0. The minimum absolute atomic E-state index is 0.303. The quantitative estimate of drug-likeness (QED) is 0.508. The average molecular weight is 378 g/mol. The van der Waals surface area contributed by atoms with Crippen molar-refractivity contribution in [3.05, 3.63) is 71.4 Å². The van der Waals surface area contributed by atoms with Crippen LogP contribution in [0.15, 0.2) is 54.7 Å². The van der Waals surface area contributed by atoms with Crippen LogP contribution in [0.25, 0.3) is 10.9 Å². The van der Waals surface area contributed by atoms with Crippen molar-refractivity contribution in [2.45, 2.75) is 32.9 Å². The first kappa shape index (κ1) is 19.4. The molecule has 2 atom stereocenters. The second-order valence-electron chi connectivity index (χ2n) is 6.76. The first-order chi connectivity index (χ1) is 13.4. The van der Waals surface area contributed by atoms with Crippen molar-refractivity contribution in [3.8, 4) is 0 Å². The average Bonchev–Trinajstić information content (AvgIpc) is 3.11. The third kappa shape index (κ3) is 4.11. The van der Waals surface area contributed by atoms with Gasteiger partial charge in [0.1, 0.15) is 6.04 Å². The molecular weight excluding hydrogens is 356 g/mol. The molecule has 0 fully saturated rings. The van der Waals surface area contributed by atoms with Crippen LogP contribution in [0.1, 0.15) is 40.1 Å². The van der Waals surface area contributed by atoms with Crippen LogP contribution in [0.5, 0.6) is 0 Å². The molecule has 1 aromatic heterocycles. The fourth-order valence-corrected chi connectivity index (χ4v) is 2.95. The summed E-state index contributed by atoms with van der Waals surface area (Å²) in [7, 11) is 0. The van der Waals surface area contributed by atoms with E-state index in [-0.39, 0.29) is 11.7 Å². The topological polar surface area (TPSA) is 88.3 Å². The molecule has 0 spiro atoms. The molecule has 0 aliphatic heterocycles. The van der Waals surface area contributed by atoms with Crippen LogP contribution in [0.3, 0.4) is 0 Å². The van der Waals surface area contributed by atoms with Gasteiger partial charge in [0.2, 0.25) is 5.78 Å². The highest BCUT2D eigenvalue weighted by Crippen LogP contribution is 2.20. The third-order valence-electron chi connectivity index (χ3n) is 4.50. The van der Waals surface area contributed by atoms with Crippen LogP contribution in [-0.4, -0.2) is 34.8 Å². The van der Waals surface area contributed by atoms with Crippen molar-refractivity contribution in [2.24, 2.45) is 0 Å². The molecule has 1 amide bonds. The molecule has 144 valence electrons. The van der Waals surface area contributed by atoms with Gasteiger partial charge >= 0.3 is 5.97 Å². The van der Waals surface area contributed by atoms with E-state index >= 15 is 0 Å². The molecule has 28 heavy (non-hydrogen) atoms. The zero-order valence-corrected chi connectivity index (χ0v) is 16.0. The number of ketones is 1. The number of carbonyl (C=O) groups is 3. The number of amides is 1. The summed E-state index contributed by atoms with van der Waals surface area (Å²) in [5.74, 6) is -1.34. The number of Topliss-reactive ketones (excluding diaryl/α,β-unsaturated/α-hetero) is 1. The fraction of sp³-hybridized carbons (Fsp3) is 0.227. The maximum absolute atomic E-state index is 12.7. The van der Waals surface area contributed by atoms with Crippen LogP contribution in [0.4, 0.5) is 0 Å². The number of aryl methyl sites for hydroxylation is 1. The second-order valence-corrected chi connectivity index (χ2v) is 6.76. The molecule has 0 unspecified atom stereocenters. The van der Waals surface area contributed by atoms with E-state index in [1.165, 1.54) is 13.8 Å². The highest BCUT2D eigenvalue weighted by molar-refractivity contribution is 6.10. The number of aromatic amines is 1. The number of carbonyl (C=O) groups excluding carboxylic acids is 3. The molecule has 3 rings (SSSR count). The van der Waals surface area contributed by atoms with Crippen LogP contribution in [0, 0.1) is 6.92 Å². The predicted octanol–water partition coefficient (Wildman–Crippen LogP) is 3.41. The second kappa shape index (κ2) is 8.08. The van der Waals surface area contributed by atoms with Gasteiger partial charge in [-0.3, -0.25) is 9.59 Å². The summed E-state index contributed by atoms with van der Waals surface area (Å²) >= 11 is 0. The summed E-state index contributed by atoms with van der Waals surface area (Å²) in [6.07, 6.45) is 0.644. The van der Waals surface area contributed by atoms with Gasteiger partial charge < -0.3 is 15.0 Å². The third-order valence-corrected chi connectivity index (χ3v) is 4.50. The number of ether oxygens (including phenoxy) is 1. The lowest BCUT2D eigenvalue weighted by molar-refractivity contribution is -0.148. The van der Waals surface area contributed by atoms with Crippen LogP contribution < -0.4 is 5.32 Å². The van der Waals surface area contributed by atoms with Crippen LogP contribution >= 0.6 is 0 Å². The van der Waals surface area contributed by atoms with Gasteiger partial charge in [-0.1, -0.05) is 35.9 Å². The van der Waals surface area contributed by atoms with Crippen molar-refractivity contribution >= 4 is 28.6 Å². The van der Waals surface area contributed by atoms with Gasteiger partial charge in [0.25, 0.3) is 5.91 Å². The summed E-state index contributed by atoms with van der Waals surface area (Å²) in [5, 5.41) is 3.38. The molecule has 0 radical (unpaired) electrons. The van der Waals surface area contributed by atoms with E-state index in [1.807, 2.05) is 37.3 Å². The summed E-state index contributed by atoms with van der Waals surface area (Å²) < 4.78 is 5.29.